The van der Waals surface area contributed by atoms with Gasteiger partial charge in [0, 0.05) is 16.8 Å². The molecule has 2 N–H and O–H groups in total. The third-order valence-corrected chi connectivity index (χ3v) is 2.73. The molecule has 0 spiro atoms. The molecule has 2 heteroatoms. The van der Waals surface area contributed by atoms with Crippen molar-refractivity contribution in [2.75, 3.05) is 5.73 Å². The van der Waals surface area contributed by atoms with Gasteiger partial charge in [0.15, 0.2) is 0 Å². The Labute approximate surface area is 90.1 Å². The van der Waals surface area contributed by atoms with Crippen molar-refractivity contribution < 1.29 is 0 Å². The van der Waals surface area contributed by atoms with Crippen LogP contribution in [0.15, 0.2) is 24.3 Å². The van der Waals surface area contributed by atoms with E-state index in [1.165, 1.54) is 5.56 Å². The Hall–Kier alpha value is -1.57. The second kappa shape index (κ2) is 3.89. The van der Waals surface area contributed by atoms with Crippen molar-refractivity contribution in [3.63, 3.8) is 0 Å². The summed E-state index contributed by atoms with van der Waals surface area (Å²) in [5.41, 5.74) is 10.2. The van der Waals surface area contributed by atoms with Crippen molar-refractivity contribution in [3.05, 3.63) is 35.5 Å². The van der Waals surface area contributed by atoms with Crippen molar-refractivity contribution in [1.29, 1.82) is 0 Å². The average Bonchev–Trinajstić information content (AvgIpc) is 2.28. The summed E-state index contributed by atoms with van der Waals surface area (Å²) in [6, 6.07) is 8.29. The maximum absolute atomic E-state index is 6.02. The van der Waals surface area contributed by atoms with Gasteiger partial charge in [-0.25, -0.2) is 0 Å². The summed E-state index contributed by atoms with van der Waals surface area (Å²) in [4.78, 5) is 4.55. The fraction of sp³-hybridized carbons (Fsp3) is 0.308. The van der Waals surface area contributed by atoms with Crippen LogP contribution in [0.1, 0.15) is 25.1 Å². The van der Waals surface area contributed by atoms with Gasteiger partial charge in [0.1, 0.15) is 0 Å². The zero-order valence-corrected chi connectivity index (χ0v) is 9.25. The second-order valence-electron chi connectivity index (χ2n) is 3.76. The molecule has 0 fully saturated rings. The molecule has 2 aromatic rings. The second-order valence-corrected chi connectivity index (χ2v) is 3.76. The molecule has 0 aliphatic heterocycles. The Morgan fingerprint density at radius 1 is 1.13 bits per heavy atom. The summed E-state index contributed by atoms with van der Waals surface area (Å²) in [6.45, 7) is 4.24. The fourth-order valence-corrected chi connectivity index (χ4v) is 1.76. The first-order chi connectivity index (χ1) is 7.24. The molecule has 1 heterocycles. The number of hydrogen-bond donors (Lipinski definition) is 1. The third-order valence-electron chi connectivity index (χ3n) is 2.73. The van der Waals surface area contributed by atoms with Crippen molar-refractivity contribution in [2.45, 2.75) is 26.7 Å². The van der Waals surface area contributed by atoms with Crippen LogP contribution in [0.3, 0.4) is 0 Å². The van der Waals surface area contributed by atoms with Gasteiger partial charge in [-0.2, -0.15) is 0 Å². The number of aromatic nitrogens is 1. The van der Waals surface area contributed by atoms with Crippen LogP contribution in [0.25, 0.3) is 10.9 Å². The molecule has 1 aromatic carbocycles. The molecule has 2 rings (SSSR count). The van der Waals surface area contributed by atoms with Crippen LogP contribution in [0.5, 0.6) is 0 Å². The summed E-state index contributed by atoms with van der Waals surface area (Å²) in [5, 5.41) is 1.08. The smallest absolute Gasteiger partial charge is 0.0726 e. The lowest BCUT2D eigenvalue weighted by atomic mass is 10.1. The van der Waals surface area contributed by atoms with Crippen LogP contribution in [-0.4, -0.2) is 4.98 Å². The van der Waals surface area contributed by atoms with E-state index in [-0.39, 0.29) is 0 Å². The lowest BCUT2D eigenvalue weighted by Gasteiger charge is -2.06. The highest BCUT2D eigenvalue weighted by atomic mass is 14.7. The molecule has 15 heavy (non-hydrogen) atoms. The minimum Gasteiger partial charge on any atom is -0.398 e. The van der Waals surface area contributed by atoms with Crippen molar-refractivity contribution in [3.8, 4) is 0 Å². The summed E-state index contributed by atoms with van der Waals surface area (Å²) < 4.78 is 0. The van der Waals surface area contributed by atoms with Gasteiger partial charge in [-0.05, 0) is 36.6 Å². The van der Waals surface area contributed by atoms with Gasteiger partial charge in [-0.15, -0.1) is 0 Å². The van der Waals surface area contributed by atoms with Gasteiger partial charge < -0.3 is 5.73 Å². The quantitative estimate of drug-likeness (QED) is 0.809. The monoisotopic (exact) mass is 200 g/mol. The number of nitrogen functional groups attached to an aromatic ring is 1. The summed E-state index contributed by atoms with van der Waals surface area (Å²) >= 11 is 0. The zero-order valence-electron chi connectivity index (χ0n) is 9.25. The number of anilines is 1. The molecule has 0 atom stereocenters. The third kappa shape index (κ3) is 1.80. The number of benzene rings is 1. The number of aryl methyl sites for hydroxylation is 2. The van der Waals surface area contributed by atoms with E-state index >= 15 is 0 Å². The van der Waals surface area contributed by atoms with Crippen LogP contribution < -0.4 is 5.73 Å². The maximum atomic E-state index is 6.02. The van der Waals surface area contributed by atoms with E-state index in [1.54, 1.807) is 0 Å². The van der Waals surface area contributed by atoms with Crippen LogP contribution in [0.4, 0.5) is 5.69 Å². The SMILES string of the molecule is CCc1ccc2nc(CC)cc(N)c2c1. The molecule has 2 nitrogen and oxygen atoms in total. The Morgan fingerprint density at radius 2 is 1.93 bits per heavy atom. The zero-order chi connectivity index (χ0) is 10.8. The molecule has 1 aromatic heterocycles. The van der Waals surface area contributed by atoms with Crippen LogP contribution in [0.2, 0.25) is 0 Å². The standard InChI is InChI=1S/C13H16N2/c1-3-9-5-6-13-11(7-9)12(14)8-10(4-2)15-13/h5-8H,3-4H2,1-2H3,(H2,14,15). The topological polar surface area (TPSA) is 38.9 Å². The highest BCUT2D eigenvalue weighted by Gasteiger charge is 2.02. The van der Waals surface area contributed by atoms with E-state index in [0.29, 0.717) is 0 Å². The van der Waals surface area contributed by atoms with Gasteiger partial charge in [0.05, 0.1) is 5.52 Å². The predicted octanol–water partition coefficient (Wildman–Crippen LogP) is 2.94. The molecule has 0 saturated heterocycles. The Kier molecular flexibility index (Phi) is 2.58. The number of hydrogen-bond acceptors (Lipinski definition) is 2. The van der Waals surface area contributed by atoms with E-state index in [1.807, 2.05) is 6.07 Å². The minimum atomic E-state index is 0.840. The van der Waals surface area contributed by atoms with Gasteiger partial charge >= 0.3 is 0 Å². The number of fused-ring (bicyclic) bond motifs is 1. The average molecular weight is 200 g/mol. The highest BCUT2D eigenvalue weighted by Crippen LogP contribution is 2.22. The van der Waals surface area contributed by atoms with Crippen molar-refractivity contribution in [2.24, 2.45) is 0 Å². The van der Waals surface area contributed by atoms with E-state index < -0.39 is 0 Å². The molecule has 0 aliphatic carbocycles. The normalized spacial score (nSPS) is 10.8. The summed E-state index contributed by atoms with van der Waals surface area (Å²) in [6.07, 6.45) is 1.96. The molecule has 0 unspecified atom stereocenters. The van der Waals surface area contributed by atoms with Gasteiger partial charge in [0.25, 0.3) is 0 Å². The lowest BCUT2D eigenvalue weighted by Crippen LogP contribution is -1.95. The van der Waals surface area contributed by atoms with Gasteiger partial charge in [-0.3, -0.25) is 4.98 Å². The van der Waals surface area contributed by atoms with Crippen molar-refractivity contribution >= 4 is 16.6 Å². The molecule has 78 valence electrons. The lowest BCUT2D eigenvalue weighted by molar-refractivity contribution is 1.06. The van der Waals surface area contributed by atoms with E-state index in [9.17, 15) is 0 Å². The first-order valence-electron chi connectivity index (χ1n) is 5.42. The van der Waals surface area contributed by atoms with E-state index in [0.717, 1.165) is 35.1 Å². The molecular weight excluding hydrogens is 184 g/mol. The molecule has 0 saturated carbocycles. The molecule has 0 amide bonds. The number of rotatable bonds is 2. The van der Waals surface area contributed by atoms with Gasteiger partial charge in [-0.1, -0.05) is 19.9 Å². The fourth-order valence-electron chi connectivity index (χ4n) is 1.76. The van der Waals surface area contributed by atoms with Crippen LogP contribution in [-0.2, 0) is 12.8 Å². The number of nitrogens with zero attached hydrogens (tertiary/aromatic N) is 1. The molecule has 0 radical (unpaired) electrons. The van der Waals surface area contributed by atoms with Gasteiger partial charge in [0.2, 0.25) is 0 Å². The Morgan fingerprint density at radius 3 is 2.60 bits per heavy atom. The van der Waals surface area contributed by atoms with Crippen LogP contribution in [0, 0.1) is 0 Å². The number of pyridine rings is 1. The predicted molar refractivity (Wildman–Crippen MR) is 64.9 cm³/mol. The molecular formula is C13H16N2. The molecule has 0 bridgehead atoms. The molecule has 0 aliphatic rings. The number of nitrogens with two attached hydrogens (primary N) is 1. The Balaban J connectivity index is 2.68. The highest BCUT2D eigenvalue weighted by molar-refractivity contribution is 5.90. The van der Waals surface area contributed by atoms with E-state index in [2.05, 4.69) is 37.0 Å². The largest absolute Gasteiger partial charge is 0.398 e. The van der Waals surface area contributed by atoms with Crippen LogP contribution >= 0.6 is 0 Å². The first-order valence-corrected chi connectivity index (χ1v) is 5.42. The summed E-state index contributed by atoms with van der Waals surface area (Å²) in [7, 11) is 0. The Bertz CT molecular complexity index is 489. The minimum absolute atomic E-state index is 0.840. The van der Waals surface area contributed by atoms with E-state index in [4.69, 9.17) is 5.73 Å². The maximum Gasteiger partial charge on any atom is 0.0726 e. The first kappa shape index (κ1) is 9.97. The summed E-state index contributed by atoms with van der Waals surface area (Å²) in [5.74, 6) is 0. The van der Waals surface area contributed by atoms with Crippen molar-refractivity contribution in [1.82, 2.24) is 4.98 Å².